The van der Waals surface area contributed by atoms with Gasteiger partial charge in [-0.15, -0.1) is 0 Å². The number of aliphatic hydroxyl groups is 1. The lowest BCUT2D eigenvalue weighted by atomic mass is 10.2. The highest BCUT2D eigenvalue weighted by Crippen LogP contribution is 2.37. The van der Waals surface area contributed by atoms with E-state index < -0.39 is 6.10 Å². The van der Waals surface area contributed by atoms with Crippen molar-refractivity contribution in [3.05, 3.63) is 30.4 Å². The van der Waals surface area contributed by atoms with Gasteiger partial charge in [0.25, 0.3) is 0 Å². The topological polar surface area (TPSA) is 68.8 Å². The molecule has 0 aliphatic heterocycles. The molecule has 1 atom stereocenters. The molecule has 0 amide bonds. The molecule has 2 heterocycles. The van der Waals surface area contributed by atoms with E-state index >= 15 is 0 Å². The third kappa shape index (κ3) is 1.95. The highest BCUT2D eigenvalue weighted by molar-refractivity contribution is 5.09. The van der Waals surface area contributed by atoms with Gasteiger partial charge in [0.2, 0.25) is 0 Å². The quantitative estimate of drug-likeness (QED) is 0.840. The predicted molar refractivity (Wildman–Crippen MR) is 60.2 cm³/mol. The fraction of sp³-hybridized carbons (Fsp3) is 0.545. The minimum atomic E-state index is -0.569. The summed E-state index contributed by atoms with van der Waals surface area (Å²) < 4.78 is 3.75. The van der Waals surface area contributed by atoms with Crippen molar-refractivity contribution in [3.63, 3.8) is 0 Å². The molecule has 1 aliphatic carbocycles. The van der Waals surface area contributed by atoms with Crippen molar-refractivity contribution >= 4 is 0 Å². The Labute approximate surface area is 98.9 Å². The summed E-state index contributed by atoms with van der Waals surface area (Å²) in [7, 11) is 1.83. The maximum atomic E-state index is 10.2. The molecule has 0 radical (unpaired) electrons. The first-order chi connectivity index (χ1) is 8.25. The molecule has 6 heteroatoms. The van der Waals surface area contributed by atoms with E-state index in [2.05, 4.69) is 19.6 Å². The van der Waals surface area contributed by atoms with Crippen LogP contribution in [0.2, 0.25) is 0 Å². The first kappa shape index (κ1) is 10.5. The standard InChI is InChI=1S/C11H15N5O/c1-15-11(13-6-14-15)4-10(17)9-5-12-7-16(9)8-2-3-8/h5-8,10,17H,2-4H2,1H3. The molecule has 90 valence electrons. The van der Waals surface area contributed by atoms with Crippen molar-refractivity contribution in [2.24, 2.45) is 7.05 Å². The average Bonchev–Trinajstić information content (AvgIpc) is 2.90. The molecular formula is C11H15N5O. The van der Waals surface area contributed by atoms with Gasteiger partial charge in [0.1, 0.15) is 18.3 Å². The van der Waals surface area contributed by atoms with Gasteiger partial charge < -0.3 is 9.67 Å². The van der Waals surface area contributed by atoms with Crippen molar-refractivity contribution in [1.29, 1.82) is 0 Å². The summed E-state index contributed by atoms with van der Waals surface area (Å²) >= 11 is 0. The predicted octanol–water partition coefficient (Wildman–Crippen LogP) is 0.623. The molecule has 0 bridgehead atoms. The molecular weight excluding hydrogens is 218 g/mol. The Bertz CT molecular complexity index is 513. The van der Waals surface area contributed by atoms with E-state index in [0.717, 1.165) is 11.5 Å². The summed E-state index contributed by atoms with van der Waals surface area (Å²) in [6.45, 7) is 0. The molecule has 2 aromatic rings. The zero-order valence-electron chi connectivity index (χ0n) is 9.69. The number of hydrogen-bond donors (Lipinski definition) is 1. The Kier molecular flexibility index (Phi) is 2.44. The van der Waals surface area contributed by atoms with Crippen LogP contribution in [0.15, 0.2) is 18.9 Å². The smallest absolute Gasteiger partial charge is 0.138 e. The fourth-order valence-electron chi connectivity index (χ4n) is 2.01. The summed E-state index contributed by atoms with van der Waals surface area (Å²) in [5.41, 5.74) is 0.871. The van der Waals surface area contributed by atoms with Crippen molar-refractivity contribution in [1.82, 2.24) is 24.3 Å². The summed E-state index contributed by atoms with van der Waals surface area (Å²) in [5, 5.41) is 14.2. The lowest BCUT2D eigenvalue weighted by Gasteiger charge is -2.12. The van der Waals surface area contributed by atoms with Crippen molar-refractivity contribution in [3.8, 4) is 0 Å². The second-order valence-corrected chi connectivity index (χ2v) is 4.48. The van der Waals surface area contributed by atoms with Gasteiger partial charge in [-0.25, -0.2) is 9.97 Å². The van der Waals surface area contributed by atoms with E-state index in [1.54, 1.807) is 17.2 Å². The van der Waals surface area contributed by atoms with Crippen molar-refractivity contribution in [2.45, 2.75) is 31.4 Å². The summed E-state index contributed by atoms with van der Waals surface area (Å²) in [4.78, 5) is 8.23. The van der Waals surface area contributed by atoms with E-state index in [0.29, 0.717) is 12.5 Å². The molecule has 0 spiro atoms. The number of aromatic nitrogens is 5. The Morgan fingerprint density at radius 2 is 2.35 bits per heavy atom. The SMILES string of the molecule is Cn1ncnc1CC(O)c1cncn1C1CC1. The molecule has 2 aromatic heterocycles. The Balaban J connectivity index is 1.79. The molecule has 0 aromatic carbocycles. The van der Waals surface area contributed by atoms with Gasteiger partial charge in [-0.3, -0.25) is 4.68 Å². The lowest BCUT2D eigenvalue weighted by Crippen LogP contribution is -2.11. The van der Waals surface area contributed by atoms with Gasteiger partial charge >= 0.3 is 0 Å². The fourth-order valence-corrected chi connectivity index (χ4v) is 2.01. The highest BCUT2D eigenvalue weighted by Gasteiger charge is 2.27. The van der Waals surface area contributed by atoms with Crippen molar-refractivity contribution < 1.29 is 5.11 Å². The lowest BCUT2D eigenvalue weighted by molar-refractivity contribution is 0.164. The van der Waals surface area contributed by atoms with Gasteiger partial charge in [-0.05, 0) is 12.8 Å². The zero-order valence-corrected chi connectivity index (χ0v) is 9.69. The van der Waals surface area contributed by atoms with Crippen LogP contribution in [0.1, 0.15) is 36.5 Å². The van der Waals surface area contributed by atoms with E-state index in [4.69, 9.17) is 0 Å². The van der Waals surface area contributed by atoms with Crippen LogP contribution in [-0.4, -0.2) is 29.4 Å². The summed E-state index contributed by atoms with van der Waals surface area (Å²) in [6, 6.07) is 0.529. The van der Waals surface area contributed by atoms with Crippen LogP contribution < -0.4 is 0 Å². The van der Waals surface area contributed by atoms with E-state index in [1.165, 1.54) is 19.2 Å². The van der Waals surface area contributed by atoms with Crippen LogP contribution in [0.4, 0.5) is 0 Å². The molecule has 6 nitrogen and oxygen atoms in total. The first-order valence-electron chi connectivity index (χ1n) is 5.78. The molecule has 1 N–H and O–H groups in total. The Hall–Kier alpha value is -1.69. The van der Waals surface area contributed by atoms with Crippen LogP contribution in [0.3, 0.4) is 0 Å². The van der Waals surface area contributed by atoms with Gasteiger partial charge in [0.15, 0.2) is 0 Å². The number of aryl methyl sites for hydroxylation is 1. The minimum absolute atomic E-state index is 0.467. The molecule has 0 saturated heterocycles. The number of rotatable bonds is 4. The number of hydrogen-bond acceptors (Lipinski definition) is 4. The molecule has 3 rings (SSSR count). The first-order valence-corrected chi connectivity index (χ1v) is 5.78. The summed E-state index contributed by atoms with van der Waals surface area (Å²) in [6.07, 6.45) is 7.29. The van der Waals surface area contributed by atoms with Crippen LogP contribution in [0, 0.1) is 0 Å². The molecule has 1 aliphatic rings. The monoisotopic (exact) mass is 233 g/mol. The molecule has 1 unspecified atom stereocenters. The number of imidazole rings is 1. The van der Waals surface area contributed by atoms with Crippen LogP contribution in [0.25, 0.3) is 0 Å². The van der Waals surface area contributed by atoms with Gasteiger partial charge in [0.05, 0.1) is 18.2 Å². The van der Waals surface area contributed by atoms with Gasteiger partial charge in [-0.1, -0.05) is 0 Å². The third-order valence-electron chi connectivity index (χ3n) is 3.16. The molecule has 17 heavy (non-hydrogen) atoms. The second kappa shape index (κ2) is 3.96. The minimum Gasteiger partial charge on any atom is -0.386 e. The van der Waals surface area contributed by atoms with E-state index in [-0.39, 0.29) is 0 Å². The highest BCUT2D eigenvalue weighted by atomic mass is 16.3. The van der Waals surface area contributed by atoms with E-state index in [1.807, 2.05) is 7.05 Å². The van der Waals surface area contributed by atoms with Gasteiger partial charge in [0, 0.05) is 19.5 Å². The zero-order chi connectivity index (χ0) is 11.8. The molecule has 1 saturated carbocycles. The maximum Gasteiger partial charge on any atom is 0.138 e. The van der Waals surface area contributed by atoms with Gasteiger partial charge in [-0.2, -0.15) is 5.10 Å². The Morgan fingerprint density at radius 1 is 1.53 bits per heavy atom. The van der Waals surface area contributed by atoms with Crippen LogP contribution in [0.5, 0.6) is 0 Å². The van der Waals surface area contributed by atoms with E-state index in [9.17, 15) is 5.11 Å². The van der Waals surface area contributed by atoms with Crippen LogP contribution in [-0.2, 0) is 13.5 Å². The Morgan fingerprint density at radius 3 is 3.00 bits per heavy atom. The normalized spacial score (nSPS) is 17.3. The van der Waals surface area contributed by atoms with Crippen molar-refractivity contribution in [2.75, 3.05) is 0 Å². The maximum absolute atomic E-state index is 10.2. The second-order valence-electron chi connectivity index (χ2n) is 4.48. The molecule has 1 fully saturated rings. The third-order valence-corrected chi connectivity index (χ3v) is 3.16. The number of aliphatic hydroxyl groups excluding tert-OH is 1. The largest absolute Gasteiger partial charge is 0.386 e. The van der Waals surface area contributed by atoms with Crippen LogP contribution >= 0.6 is 0 Å². The number of nitrogens with zero attached hydrogens (tertiary/aromatic N) is 5. The summed E-state index contributed by atoms with van der Waals surface area (Å²) in [5.74, 6) is 0.779. The average molecular weight is 233 g/mol.